The van der Waals surface area contributed by atoms with E-state index in [0.717, 1.165) is 15.7 Å². The number of carbonyl (C=O) groups excluding carboxylic acids is 1. The summed E-state index contributed by atoms with van der Waals surface area (Å²) in [6.07, 6.45) is 0. The van der Waals surface area contributed by atoms with Crippen LogP contribution in [0.5, 0.6) is 5.75 Å². The number of amides is 1. The van der Waals surface area contributed by atoms with Gasteiger partial charge in [-0.1, -0.05) is 24.3 Å². The van der Waals surface area contributed by atoms with Crippen LogP contribution >= 0.6 is 11.8 Å². The van der Waals surface area contributed by atoms with E-state index in [-0.39, 0.29) is 17.7 Å². The number of carbonyl (C=O) groups is 1. The summed E-state index contributed by atoms with van der Waals surface area (Å²) < 4.78 is 0. The van der Waals surface area contributed by atoms with Crippen LogP contribution < -0.4 is 5.32 Å². The van der Waals surface area contributed by atoms with Crippen LogP contribution in [0.4, 0.5) is 0 Å². The van der Waals surface area contributed by atoms with E-state index in [0.29, 0.717) is 5.75 Å². The van der Waals surface area contributed by atoms with Crippen molar-refractivity contribution in [3.63, 3.8) is 0 Å². The van der Waals surface area contributed by atoms with Crippen LogP contribution in [0, 0.1) is 0 Å². The lowest BCUT2D eigenvalue weighted by molar-refractivity contribution is -0.119. The number of thioether (sulfide) groups is 1. The monoisotopic (exact) mass is 275 g/mol. The van der Waals surface area contributed by atoms with Crippen LogP contribution in [0.2, 0.25) is 0 Å². The molecule has 0 heterocycles. The second-order valence-electron chi connectivity index (χ2n) is 4.64. The molecule has 0 spiro atoms. The van der Waals surface area contributed by atoms with Crippen molar-refractivity contribution in [3.8, 4) is 5.75 Å². The third-order valence-electron chi connectivity index (χ3n) is 2.67. The fourth-order valence-electron chi connectivity index (χ4n) is 1.89. The van der Waals surface area contributed by atoms with Gasteiger partial charge in [0.15, 0.2) is 0 Å². The van der Waals surface area contributed by atoms with E-state index in [1.54, 1.807) is 6.07 Å². The fourth-order valence-corrected chi connectivity index (χ4v) is 2.76. The van der Waals surface area contributed by atoms with Crippen LogP contribution in [-0.2, 0) is 4.79 Å². The number of nitrogens with one attached hydrogen (secondary N) is 1. The van der Waals surface area contributed by atoms with Gasteiger partial charge in [0.2, 0.25) is 5.91 Å². The number of fused-ring (bicyclic) bond motifs is 1. The minimum absolute atomic E-state index is 0.0251. The maximum Gasteiger partial charge on any atom is 0.230 e. The normalized spacial score (nSPS) is 10.9. The first-order valence-electron chi connectivity index (χ1n) is 6.21. The van der Waals surface area contributed by atoms with Gasteiger partial charge in [0.05, 0.1) is 5.75 Å². The highest BCUT2D eigenvalue weighted by Crippen LogP contribution is 2.33. The molecule has 0 bridgehead atoms. The van der Waals surface area contributed by atoms with Gasteiger partial charge in [-0.05, 0) is 31.4 Å². The lowest BCUT2D eigenvalue weighted by Gasteiger charge is -2.10. The van der Waals surface area contributed by atoms with E-state index in [2.05, 4.69) is 5.32 Å². The quantitative estimate of drug-likeness (QED) is 0.843. The third kappa shape index (κ3) is 3.41. The average molecular weight is 275 g/mol. The largest absolute Gasteiger partial charge is 0.507 e. The smallest absolute Gasteiger partial charge is 0.230 e. The van der Waals surface area contributed by atoms with Gasteiger partial charge in [0.25, 0.3) is 0 Å². The van der Waals surface area contributed by atoms with Gasteiger partial charge in [-0.25, -0.2) is 0 Å². The summed E-state index contributed by atoms with van der Waals surface area (Å²) in [4.78, 5) is 12.7. The highest BCUT2D eigenvalue weighted by molar-refractivity contribution is 8.00. The number of hydrogen-bond donors (Lipinski definition) is 2. The summed E-state index contributed by atoms with van der Waals surface area (Å²) in [5, 5.41) is 14.5. The predicted octanol–water partition coefficient (Wildman–Crippen LogP) is 3.16. The third-order valence-corrected chi connectivity index (χ3v) is 3.74. The molecule has 0 saturated carbocycles. The summed E-state index contributed by atoms with van der Waals surface area (Å²) in [5.74, 6) is 0.677. The Kier molecular flexibility index (Phi) is 4.32. The van der Waals surface area contributed by atoms with Crippen molar-refractivity contribution < 1.29 is 9.90 Å². The van der Waals surface area contributed by atoms with E-state index in [1.165, 1.54) is 11.8 Å². The molecule has 0 aliphatic carbocycles. The van der Waals surface area contributed by atoms with Gasteiger partial charge < -0.3 is 10.4 Å². The molecular weight excluding hydrogens is 258 g/mol. The minimum Gasteiger partial charge on any atom is -0.507 e. The molecule has 3 nitrogen and oxygen atoms in total. The molecule has 0 radical (unpaired) electrons. The molecule has 2 N–H and O–H groups in total. The Bertz CT molecular complexity index is 596. The molecule has 2 aromatic rings. The van der Waals surface area contributed by atoms with E-state index in [1.807, 2.05) is 44.2 Å². The molecule has 0 aliphatic heterocycles. The van der Waals surface area contributed by atoms with Crippen LogP contribution in [-0.4, -0.2) is 22.8 Å². The van der Waals surface area contributed by atoms with E-state index in [4.69, 9.17) is 0 Å². The number of phenols is 1. The Hall–Kier alpha value is -1.68. The number of phenolic OH excluding ortho intramolecular Hbond substituents is 1. The molecule has 2 rings (SSSR count). The second kappa shape index (κ2) is 5.97. The van der Waals surface area contributed by atoms with Gasteiger partial charge in [0.1, 0.15) is 5.75 Å². The maximum atomic E-state index is 11.6. The Balaban J connectivity index is 2.17. The number of rotatable bonds is 4. The molecule has 19 heavy (non-hydrogen) atoms. The van der Waals surface area contributed by atoms with E-state index < -0.39 is 0 Å². The lowest BCUT2D eigenvalue weighted by Crippen LogP contribution is -2.31. The summed E-state index contributed by atoms with van der Waals surface area (Å²) in [6, 6.07) is 11.3. The maximum absolute atomic E-state index is 11.6. The van der Waals surface area contributed by atoms with Crippen LogP contribution in [0.15, 0.2) is 41.3 Å². The van der Waals surface area contributed by atoms with Crippen LogP contribution in [0.25, 0.3) is 10.8 Å². The minimum atomic E-state index is 0.0251. The zero-order chi connectivity index (χ0) is 13.8. The van der Waals surface area contributed by atoms with Crippen molar-refractivity contribution in [1.82, 2.24) is 5.32 Å². The number of benzene rings is 2. The first-order chi connectivity index (χ1) is 9.08. The lowest BCUT2D eigenvalue weighted by atomic mass is 10.1. The molecule has 1 amide bonds. The van der Waals surface area contributed by atoms with Crippen molar-refractivity contribution in [3.05, 3.63) is 36.4 Å². The standard InChI is InChI=1S/C15H17NO2S/c1-10(2)16-15(18)9-19-14-8-7-13(17)11-5-3-4-6-12(11)14/h3-8,10,17H,9H2,1-2H3,(H,16,18). The number of aromatic hydroxyl groups is 1. The molecule has 0 fully saturated rings. The fraction of sp³-hybridized carbons (Fsp3) is 0.267. The summed E-state index contributed by atoms with van der Waals surface area (Å²) >= 11 is 1.49. The Morgan fingerprint density at radius 1 is 1.21 bits per heavy atom. The molecule has 0 saturated heterocycles. The van der Waals surface area contributed by atoms with Gasteiger partial charge in [-0.15, -0.1) is 11.8 Å². The molecule has 0 aliphatic rings. The van der Waals surface area contributed by atoms with E-state index in [9.17, 15) is 9.90 Å². The van der Waals surface area contributed by atoms with Crippen LogP contribution in [0.3, 0.4) is 0 Å². The Morgan fingerprint density at radius 2 is 1.89 bits per heavy atom. The van der Waals surface area contributed by atoms with Gasteiger partial charge in [-0.3, -0.25) is 4.79 Å². The molecule has 0 unspecified atom stereocenters. The topological polar surface area (TPSA) is 49.3 Å². The zero-order valence-corrected chi connectivity index (χ0v) is 11.8. The Morgan fingerprint density at radius 3 is 2.58 bits per heavy atom. The van der Waals surface area contributed by atoms with E-state index >= 15 is 0 Å². The Labute approximate surface area is 117 Å². The van der Waals surface area contributed by atoms with Crippen LogP contribution in [0.1, 0.15) is 13.8 Å². The number of hydrogen-bond acceptors (Lipinski definition) is 3. The summed E-state index contributed by atoms with van der Waals surface area (Å²) in [5.41, 5.74) is 0. The van der Waals surface area contributed by atoms with Gasteiger partial charge in [0, 0.05) is 16.3 Å². The summed E-state index contributed by atoms with van der Waals surface area (Å²) in [7, 11) is 0. The summed E-state index contributed by atoms with van der Waals surface area (Å²) in [6.45, 7) is 3.89. The first kappa shape index (κ1) is 13.7. The molecular formula is C15H17NO2S. The zero-order valence-electron chi connectivity index (χ0n) is 11.0. The van der Waals surface area contributed by atoms with Crippen molar-refractivity contribution in [2.75, 3.05) is 5.75 Å². The molecule has 4 heteroatoms. The second-order valence-corrected chi connectivity index (χ2v) is 5.66. The van der Waals surface area contributed by atoms with Gasteiger partial charge >= 0.3 is 0 Å². The molecule has 2 aromatic carbocycles. The van der Waals surface area contributed by atoms with Gasteiger partial charge in [-0.2, -0.15) is 0 Å². The molecule has 0 aromatic heterocycles. The molecule has 100 valence electrons. The molecule has 0 atom stereocenters. The first-order valence-corrected chi connectivity index (χ1v) is 7.19. The predicted molar refractivity (Wildman–Crippen MR) is 79.6 cm³/mol. The van der Waals surface area contributed by atoms with Crippen molar-refractivity contribution in [2.45, 2.75) is 24.8 Å². The highest BCUT2D eigenvalue weighted by atomic mass is 32.2. The average Bonchev–Trinajstić information content (AvgIpc) is 2.37. The SMILES string of the molecule is CC(C)NC(=O)CSc1ccc(O)c2ccccc12. The van der Waals surface area contributed by atoms with Crippen molar-refractivity contribution in [1.29, 1.82) is 0 Å². The highest BCUT2D eigenvalue weighted by Gasteiger charge is 2.08. The van der Waals surface area contributed by atoms with Crippen molar-refractivity contribution >= 4 is 28.4 Å². The van der Waals surface area contributed by atoms with Crippen molar-refractivity contribution in [2.24, 2.45) is 0 Å².